The summed E-state index contributed by atoms with van der Waals surface area (Å²) in [4.78, 5) is 0. The molecule has 0 bridgehead atoms. The summed E-state index contributed by atoms with van der Waals surface area (Å²) in [5.41, 5.74) is 0. The lowest BCUT2D eigenvalue weighted by Crippen LogP contribution is -2.11. The monoisotopic (exact) mass is 130 g/mol. The smallest absolute Gasteiger partial charge is 0.0834 e. The van der Waals surface area contributed by atoms with Crippen LogP contribution >= 0.6 is 0 Å². The number of hydrogen-bond donors (Lipinski definition) is 0. The first-order chi connectivity index (χ1) is 4.36. The maximum atomic E-state index is 5.17. The van der Waals surface area contributed by atoms with E-state index in [1.807, 2.05) is 0 Å². The molecule has 2 heteroatoms. The third kappa shape index (κ3) is 2.33. The molecule has 0 aromatic heterocycles. The van der Waals surface area contributed by atoms with Crippen LogP contribution in [0.3, 0.4) is 0 Å². The highest BCUT2D eigenvalue weighted by molar-refractivity contribution is 4.73. The summed E-state index contributed by atoms with van der Waals surface area (Å²) >= 11 is 0. The summed E-state index contributed by atoms with van der Waals surface area (Å²) in [7, 11) is 1.76. The SMILES string of the molecule is CCC(CC1CO1)OC. The highest BCUT2D eigenvalue weighted by atomic mass is 16.6. The Morgan fingerprint density at radius 1 is 1.78 bits per heavy atom. The van der Waals surface area contributed by atoms with Crippen LogP contribution in [0, 0.1) is 0 Å². The molecule has 1 aliphatic rings. The van der Waals surface area contributed by atoms with E-state index in [9.17, 15) is 0 Å². The molecular formula is C7H14O2. The summed E-state index contributed by atoms with van der Waals surface area (Å²) in [5.74, 6) is 0. The fourth-order valence-electron chi connectivity index (χ4n) is 0.927. The predicted molar refractivity (Wildman–Crippen MR) is 35.4 cm³/mol. The van der Waals surface area contributed by atoms with Gasteiger partial charge in [0.2, 0.25) is 0 Å². The molecule has 0 saturated carbocycles. The van der Waals surface area contributed by atoms with E-state index in [0.717, 1.165) is 19.4 Å². The average Bonchev–Trinajstić information content (AvgIpc) is 2.66. The minimum absolute atomic E-state index is 0.414. The van der Waals surface area contributed by atoms with E-state index in [2.05, 4.69) is 6.92 Å². The molecule has 2 nitrogen and oxygen atoms in total. The van der Waals surface area contributed by atoms with Gasteiger partial charge < -0.3 is 9.47 Å². The highest BCUT2D eigenvalue weighted by Crippen LogP contribution is 2.18. The molecule has 9 heavy (non-hydrogen) atoms. The van der Waals surface area contributed by atoms with Gasteiger partial charge in [0.1, 0.15) is 0 Å². The minimum atomic E-state index is 0.414. The molecule has 2 unspecified atom stereocenters. The molecule has 1 rings (SSSR count). The zero-order valence-electron chi connectivity index (χ0n) is 6.09. The van der Waals surface area contributed by atoms with Crippen molar-refractivity contribution in [3.63, 3.8) is 0 Å². The van der Waals surface area contributed by atoms with Gasteiger partial charge in [-0.1, -0.05) is 6.92 Å². The van der Waals surface area contributed by atoms with Gasteiger partial charge in [0.05, 0.1) is 18.8 Å². The van der Waals surface area contributed by atoms with Gasteiger partial charge in [0, 0.05) is 13.5 Å². The summed E-state index contributed by atoms with van der Waals surface area (Å²) in [5, 5.41) is 0. The molecule has 1 fully saturated rings. The fraction of sp³-hybridized carbons (Fsp3) is 1.00. The second-order valence-corrected chi connectivity index (χ2v) is 2.46. The Morgan fingerprint density at radius 2 is 2.44 bits per heavy atom. The molecular weight excluding hydrogens is 116 g/mol. The van der Waals surface area contributed by atoms with Crippen LogP contribution in [-0.4, -0.2) is 25.9 Å². The summed E-state index contributed by atoms with van der Waals surface area (Å²) in [6.07, 6.45) is 3.09. The third-order valence-corrected chi connectivity index (χ3v) is 1.72. The number of methoxy groups -OCH3 is 1. The summed E-state index contributed by atoms with van der Waals surface area (Å²) in [6, 6.07) is 0. The Hall–Kier alpha value is -0.0800. The van der Waals surface area contributed by atoms with E-state index < -0.39 is 0 Å². The number of rotatable bonds is 4. The average molecular weight is 130 g/mol. The van der Waals surface area contributed by atoms with Crippen LogP contribution in [0.25, 0.3) is 0 Å². The van der Waals surface area contributed by atoms with Gasteiger partial charge in [-0.3, -0.25) is 0 Å². The Bertz CT molecular complexity index is 75.0. The molecule has 1 saturated heterocycles. The zero-order chi connectivity index (χ0) is 6.69. The van der Waals surface area contributed by atoms with Crippen LogP contribution in [-0.2, 0) is 9.47 Å². The number of ether oxygens (including phenoxy) is 2. The van der Waals surface area contributed by atoms with Crippen LogP contribution in [0.2, 0.25) is 0 Å². The van der Waals surface area contributed by atoms with Crippen LogP contribution in [0.1, 0.15) is 19.8 Å². The number of epoxide rings is 1. The normalized spacial score (nSPS) is 28.0. The van der Waals surface area contributed by atoms with Crippen molar-refractivity contribution in [2.24, 2.45) is 0 Å². The lowest BCUT2D eigenvalue weighted by molar-refractivity contribution is 0.0848. The quantitative estimate of drug-likeness (QED) is 0.533. The van der Waals surface area contributed by atoms with Crippen molar-refractivity contribution in [1.82, 2.24) is 0 Å². The molecule has 1 aliphatic heterocycles. The van der Waals surface area contributed by atoms with Gasteiger partial charge in [-0.05, 0) is 6.42 Å². The Labute approximate surface area is 56.2 Å². The van der Waals surface area contributed by atoms with Crippen molar-refractivity contribution in [1.29, 1.82) is 0 Å². The molecule has 1 heterocycles. The van der Waals surface area contributed by atoms with Crippen molar-refractivity contribution < 1.29 is 9.47 Å². The Balaban J connectivity index is 2.05. The van der Waals surface area contributed by atoms with Crippen molar-refractivity contribution >= 4 is 0 Å². The third-order valence-electron chi connectivity index (χ3n) is 1.72. The molecule has 54 valence electrons. The molecule has 0 aliphatic carbocycles. The molecule has 0 amide bonds. The molecule has 0 N–H and O–H groups in total. The molecule has 2 atom stereocenters. The van der Waals surface area contributed by atoms with E-state index in [4.69, 9.17) is 9.47 Å². The first kappa shape index (κ1) is 7.03. The van der Waals surface area contributed by atoms with Gasteiger partial charge in [-0.2, -0.15) is 0 Å². The predicted octanol–water partition coefficient (Wildman–Crippen LogP) is 1.20. The van der Waals surface area contributed by atoms with Gasteiger partial charge >= 0.3 is 0 Å². The molecule has 0 aromatic rings. The Morgan fingerprint density at radius 3 is 2.78 bits per heavy atom. The van der Waals surface area contributed by atoms with Gasteiger partial charge in [0.25, 0.3) is 0 Å². The summed E-state index contributed by atoms with van der Waals surface area (Å²) < 4.78 is 10.2. The molecule has 0 spiro atoms. The maximum absolute atomic E-state index is 5.17. The maximum Gasteiger partial charge on any atom is 0.0834 e. The topological polar surface area (TPSA) is 21.8 Å². The van der Waals surface area contributed by atoms with Crippen molar-refractivity contribution in [3.8, 4) is 0 Å². The van der Waals surface area contributed by atoms with Crippen LogP contribution in [0.15, 0.2) is 0 Å². The second kappa shape index (κ2) is 3.18. The van der Waals surface area contributed by atoms with Crippen LogP contribution < -0.4 is 0 Å². The molecule has 0 aromatic carbocycles. The van der Waals surface area contributed by atoms with Gasteiger partial charge in [-0.25, -0.2) is 0 Å². The lowest BCUT2D eigenvalue weighted by Gasteiger charge is -2.09. The van der Waals surface area contributed by atoms with E-state index in [-0.39, 0.29) is 0 Å². The minimum Gasteiger partial charge on any atom is -0.381 e. The highest BCUT2D eigenvalue weighted by Gasteiger charge is 2.25. The lowest BCUT2D eigenvalue weighted by atomic mass is 10.1. The van der Waals surface area contributed by atoms with Crippen molar-refractivity contribution in [2.75, 3.05) is 13.7 Å². The van der Waals surface area contributed by atoms with E-state index in [1.54, 1.807) is 7.11 Å². The standard InChI is InChI=1S/C7H14O2/c1-3-6(8-2)4-7-5-9-7/h6-7H,3-5H2,1-2H3. The zero-order valence-corrected chi connectivity index (χ0v) is 6.09. The van der Waals surface area contributed by atoms with E-state index in [1.165, 1.54) is 0 Å². The first-order valence-corrected chi connectivity index (χ1v) is 3.51. The summed E-state index contributed by atoms with van der Waals surface area (Å²) in [6.45, 7) is 3.08. The number of hydrogen-bond acceptors (Lipinski definition) is 2. The second-order valence-electron chi connectivity index (χ2n) is 2.46. The van der Waals surface area contributed by atoms with Crippen molar-refractivity contribution in [3.05, 3.63) is 0 Å². The van der Waals surface area contributed by atoms with Crippen molar-refractivity contribution in [2.45, 2.75) is 32.0 Å². The fourth-order valence-corrected chi connectivity index (χ4v) is 0.927. The first-order valence-electron chi connectivity index (χ1n) is 3.51. The van der Waals surface area contributed by atoms with Gasteiger partial charge in [-0.15, -0.1) is 0 Å². The van der Waals surface area contributed by atoms with Gasteiger partial charge in [0.15, 0.2) is 0 Å². The van der Waals surface area contributed by atoms with Crippen LogP contribution in [0.5, 0.6) is 0 Å². The largest absolute Gasteiger partial charge is 0.381 e. The molecule has 0 radical (unpaired) electrons. The van der Waals surface area contributed by atoms with E-state index in [0.29, 0.717) is 12.2 Å². The van der Waals surface area contributed by atoms with E-state index >= 15 is 0 Å². The Kier molecular flexibility index (Phi) is 2.49. The van der Waals surface area contributed by atoms with Crippen LogP contribution in [0.4, 0.5) is 0 Å².